The van der Waals surface area contributed by atoms with Crippen LogP contribution < -0.4 is 0 Å². The predicted molar refractivity (Wildman–Crippen MR) is 86.4 cm³/mol. The predicted octanol–water partition coefficient (Wildman–Crippen LogP) is 2.19. The van der Waals surface area contributed by atoms with E-state index in [2.05, 4.69) is 0 Å². The summed E-state index contributed by atoms with van der Waals surface area (Å²) < 4.78 is 10.8. The van der Waals surface area contributed by atoms with Gasteiger partial charge in [0.2, 0.25) is 0 Å². The molecule has 5 heteroatoms. The molecule has 0 aromatic heterocycles. The zero-order chi connectivity index (χ0) is 15.8. The van der Waals surface area contributed by atoms with E-state index in [0.29, 0.717) is 13.2 Å². The van der Waals surface area contributed by atoms with Crippen molar-refractivity contribution in [2.75, 3.05) is 20.3 Å². The molecule has 2 unspecified atom stereocenters. The number of rotatable bonds is 8. The Bertz CT molecular complexity index is 489. The molecule has 0 aliphatic rings. The monoisotopic (exact) mass is 317 g/mol. The van der Waals surface area contributed by atoms with Crippen LogP contribution in [-0.2, 0) is 9.16 Å². The van der Waals surface area contributed by atoms with Gasteiger partial charge in [0.05, 0.1) is 24.7 Å². The molecule has 4 nitrogen and oxygen atoms in total. The summed E-state index contributed by atoms with van der Waals surface area (Å²) >= 11 is 0. The maximum absolute atomic E-state index is 10.6. The van der Waals surface area contributed by atoms with Gasteiger partial charge in [-0.05, 0) is 11.1 Å². The molecule has 0 fully saturated rings. The van der Waals surface area contributed by atoms with Crippen molar-refractivity contribution in [2.24, 2.45) is 0 Å². The summed E-state index contributed by atoms with van der Waals surface area (Å²) in [6.45, 7) is 0.774. The van der Waals surface area contributed by atoms with Gasteiger partial charge < -0.3 is 19.4 Å². The molecular weight excluding hydrogens is 296 g/mol. The molecule has 0 aliphatic carbocycles. The van der Waals surface area contributed by atoms with Crippen LogP contribution in [0, 0.1) is 0 Å². The van der Waals surface area contributed by atoms with E-state index < -0.39 is 20.5 Å². The summed E-state index contributed by atoms with van der Waals surface area (Å²) in [4.78, 5) is 0. The molecule has 2 aromatic carbocycles. The quantitative estimate of drug-likeness (QED) is 0.579. The van der Waals surface area contributed by atoms with Crippen LogP contribution in [0.3, 0.4) is 0 Å². The van der Waals surface area contributed by atoms with Crippen LogP contribution in [0.5, 0.6) is 0 Å². The van der Waals surface area contributed by atoms with Crippen molar-refractivity contribution >= 4 is 9.04 Å². The third kappa shape index (κ3) is 4.49. The van der Waals surface area contributed by atoms with Crippen LogP contribution in [0.4, 0.5) is 0 Å². The Kier molecular flexibility index (Phi) is 6.76. The van der Waals surface area contributed by atoms with Crippen molar-refractivity contribution in [3.05, 3.63) is 71.8 Å². The molecule has 0 amide bonds. The number of ether oxygens (including phenoxy) is 1. The summed E-state index contributed by atoms with van der Waals surface area (Å²) in [6, 6.07) is 18.6. The number of aliphatic hydroxyl groups excluding tert-OH is 2. The van der Waals surface area contributed by atoms with Gasteiger partial charge >= 0.3 is 0 Å². The van der Waals surface area contributed by atoms with Crippen molar-refractivity contribution in [1.29, 1.82) is 0 Å². The van der Waals surface area contributed by atoms with Gasteiger partial charge in [-0.25, -0.2) is 0 Å². The number of aliphatic hydroxyl groups is 2. The highest BCUT2D eigenvalue weighted by Crippen LogP contribution is 2.26. The molecule has 0 spiro atoms. The smallest absolute Gasteiger partial charge is 0.281 e. The molecular formula is C17H21O4Si. The Morgan fingerprint density at radius 2 is 1.27 bits per heavy atom. The van der Waals surface area contributed by atoms with Gasteiger partial charge in [0.25, 0.3) is 9.04 Å². The zero-order valence-electron chi connectivity index (χ0n) is 12.6. The van der Waals surface area contributed by atoms with E-state index in [9.17, 15) is 10.2 Å². The first-order valence-corrected chi connectivity index (χ1v) is 8.75. The number of benzene rings is 2. The fourth-order valence-corrected chi connectivity index (χ4v) is 4.13. The Morgan fingerprint density at radius 1 is 0.818 bits per heavy atom. The highest BCUT2D eigenvalue weighted by Gasteiger charge is 2.33. The van der Waals surface area contributed by atoms with E-state index in [0.717, 1.165) is 11.1 Å². The van der Waals surface area contributed by atoms with Gasteiger partial charge in [-0.3, -0.25) is 0 Å². The lowest BCUT2D eigenvalue weighted by Gasteiger charge is -2.25. The summed E-state index contributed by atoms with van der Waals surface area (Å²) in [6.07, 6.45) is 0. The fourth-order valence-electron chi connectivity index (χ4n) is 2.15. The maximum atomic E-state index is 10.6. The third-order valence-corrected chi connectivity index (χ3v) is 5.61. The Hall–Kier alpha value is -1.50. The Balaban J connectivity index is 2.18. The largest absolute Gasteiger partial charge is 0.408 e. The SMILES string of the molecule is COCCO[Si](C(O)c1ccccc1)C(O)c1ccccc1. The first-order valence-electron chi connectivity index (χ1n) is 7.18. The van der Waals surface area contributed by atoms with E-state index >= 15 is 0 Å². The number of hydrogen-bond donors (Lipinski definition) is 2. The standard InChI is InChI=1S/C17H21O4Si/c1-20-12-13-21-22(16(18)14-8-4-2-5-9-14)17(19)15-10-6-3-7-11-15/h2-11,16-19H,12-13H2,1H3. The molecule has 0 bridgehead atoms. The van der Waals surface area contributed by atoms with Crippen LogP contribution in [-0.4, -0.2) is 39.6 Å². The molecule has 22 heavy (non-hydrogen) atoms. The summed E-state index contributed by atoms with van der Waals surface area (Å²) in [7, 11) is -0.352. The van der Waals surface area contributed by atoms with Gasteiger partial charge in [-0.1, -0.05) is 60.7 Å². The van der Waals surface area contributed by atoms with Crippen LogP contribution in [0.25, 0.3) is 0 Å². The molecule has 0 saturated heterocycles. The first kappa shape index (κ1) is 16.9. The van der Waals surface area contributed by atoms with Crippen molar-refractivity contribution in [3.8, 4) is 0 Å². The molecule has 0 heterocycles. The molecule has 1 radical (unpaired) electrons. The lowest BCUT2D eigenvalue weighted by Crippen LogP contribution is -2.36. The third-order valence-electron chi connectivity index (χ3n) is 3.33. The molecule has 117 valence electrons. The highest BCUT2D eigenvalue weighted by molar-refractivity contribution is 6.54. The van der Waals surface area contributed by atoms with E-state index in [1.54, 1.807) is 7.11 Å². The zero-order valence-corrected chi connectivity index (χ0v) is 13.6. The van der Waals surface area contributed by atoms with Gasteiger partial charge in [0, 0.05) is 7.11 Å². The minimum atomic E-state index is -1.95. The Labute approximate surface area is 132 Å². The summed E-state index contributed by atoms with van der Waals surface area (Å²) in [5.41, 5.74) is -0.135. The maximum Gasteiger partial charge on any atom is 0.281 e. The second-order valence-electron chi connectivity index (χ2n) is 4.87. The van der Waals surface area contributed by atoms with Crippen LogP contribution >= 0.6 is 0 Å². The minimum absolute atomic E-state index is 0.346. The summed E-state index contributed by atoms with van der Waals surface area (Å²) in [5, 5.41) is 21.3. The van der Waals surface area contributed by atoms with E-state index in [-0.39, 0.29) is 0 Å². The highest BCUT2D eigenvalue weighted by atomic mass is 28.3. The molecule has 2 aromatic rings. The average Bonchev–Trinajstić information content (AvgIpc) is 2.59. The number of hydrogen-bond acceptors (Lipinski definition) is 4. The topological polar surface area (TPSA) is 58.9 Å². The lowest BCUT2D eigenvalue weighted by atomic mass is 10.2. The van der Waals surface area contributed by atoms with Gasteiger partial charge in [-0.2, -0.15) is 0 Å². The van der Waals surface area contributed by atoms with Crippen molar-refractivity contribution in [3.63, 3.8) is 0 Å². The van der Waals surface area contributed by atoms with E-state index in [4.69, 9.17) is 9.16 Å². The van der Waals surface area contributed by atoms with E-state index in [1.165, 1.54) is 0 Å². The van der Waals surface area contributed by atoms with Crippen LogP contribution in [0.1, 0.15) is 22.6 Å². The van der Waals surface area contributed by atoms with Crippen molar-refractivity contribution in [1.82, 2.24) is 0 Å². The lowest BCUT2D eigenvalue weighted by molar-refractivity contribution is 0.113. The van der Waals surface area contributed by atoms with Crippen LogP contribution in [0.2, 0.25) is 0 Å². The minimum Gasteiger partial charge on any atom is -0.408 e. The molecule has 2 N–H and O–H groups in total. The second kappa shape index (κ2) is 8.82. The summed E-state index contributed by atoms with van der Waals surface area (Å²) in [5.74, 6) is 0. The van der Waals surface area contributed by atoms with Crippen molar-refractivity contribution in [2.45, 2.75) is 11.5 Å². The molecule has 0 aliphatic heterocycles. The normalized spacial score (nSPS) is 14.0. The van der Waals surface area contributed by atoms with Gasteiger partial charge in [0.15, 0.2) is 0 Å². The Morgan fingerprint density at radius 3 is 1.68 bits per heavy atom. The number of methoxy groups -OCH3 is 1. The van der Waals surface area contributed by atoms with Gasteiger partial charge in [0.1, 0.15) is 0 Å². The second-order valence-corrected chi connectivity index (χ2v) is 7.06. The average molecular weight is 317 g/mol. The van der Waals surface area contributed by atoms with Crippen LogP contribution in [0.15, 0.2) is 60.7 Å². The molecule has 2 atom stereocenters. The molecule has 2 rings (SSSR count). The van der Waals surface area contributed by atoms with E-state index in [1.807, 2.05) is 60.7 Å². The fraction of sp³-hybridized carbons (Fsp3) is 0.294. The van der Waals surface area contributed by atoms with Gasteiger partial charge in [-0.15, -0.1) is 0 Å². The first-order chi connectivity index (χ1) is 10.7. The molecule has 0 saturated carbocycles. The van der Waals surface area contributed by atoms with Crippen molar-refractivity contribution < 1.29 is 19.4 Å².